The van der Waals surface area contributed by atoms with Crippen molar-refractivity contribution in [1.29, 1.82) is 0 Å². The quantitative estimate of drug-likeness (QED) is 0.815. The minimum atomic E-state index is -1.05. The van der Waals surface area contributed by atoms with Crippen LogP contribution in [0.15, 0.2) is 59.7 Å². The van der Waals surface area contributed by atoms with Crippen LogP contribution in [0.2, 0.25) is 0 Å². The van der Waals surface area contributed by atoms with Gasteiger partial charge in [-0.25, -0.2) is 9.59 Å². The summed E-state index contributed by atoms with van der Waals surface area (Å²) in [5.74, 6) is 0. The molecular weight excluding hydrogens is 272 g/mol. The van der Waals surface area contributed by atoms with E-state index in [4.69, 9.17) is 10.2 Å². The highest BCUT2D eigenvalue weighted by atomic mass is 16.4. The van der Waals surface area contributed by atoms with Gasteiger partial charge in [0, 0.05) is 24.3 Å². The van der Waals surface area contributed by atoms with E-state index < -0.39 is 12.2 Å². The smallest absolute Gasteiger partial charge is 0.415 e. The number of hydrogen-bond acceptors (Lipinski definition) is 2. The van der Waals surface area contributed by atoms with Crippen LogP contribution in [0.5, 0.6) is 0 Å². The molecular formula is C15H16N2O4. The Hall–Kier alpha value is -2.76. The lowest BCUT2D eigenvalue weighted by molar-refractivity contribution is 0.170. The van der Waals surface area contributed by atoms with E-state index in [-0.39, 0.29) is 0 Å². The maximum atomic E-state index is 11.2. The predicted octanol–water partition coefficient (Wildman–Crippen LogP) is 3.50. The van der Waals surface area contributed by atoms with Crippen LogP contribution in [0.4, 0.5) is 9.59 Å². The highest BCUT2D eigenvalue weighted by Crippen LogP contribution is 2.25. The zero-order chi connectivity index (χ0) is 15.4. The normalized spacial score (nSPS) is 17.3. The highest BCUT2D eigenvalue weighted by molar-refractivity contribution is 5.71. The van der Waals surface area contributed by atoms with Gasteiger partial charge in [0.2, 0.25) is 0 Å². The van der Waals surface area contributed by atoms with Gasteiger partial charge in [0.15, 0.2) is 0 Å². The molecule has 2 heterocycles. The fourth-order valence-corrected chi connectivity index (χ4v) is 2.11. The summed E-state index contributed by atoms with van der Waals surface area (Å²) in [5.41, 5.74) is 2.40. The van der Waals surface area contributed by atoms with Crippen molar-refractivity contribution in [3.63, 3.8) is 0 Å². The Morgan fingerprint density at radius 2 is 1.62 bits per heavy atom. The Balaban J connectivity index is 2.30. The number of carbonyl (C=O) groups is 2. The number of hydrogen-bond donors (Lipinski definition) is 2. The molecule has 6 nitrogen and oxygen atoms in total. The SMILES string of the molecule is CCCC1=CC(=C2C=CN(C(=O)O)C=C2)C=CN1C(=O)O. The highest BCUT2D eigenvalue weighted by Gasteiger charge is 2.18. The third kappa shape index (κ3) is 3.22. The summed E-state index contributed by atoms with van der Waals surface area (Å²) in [6, 6.07) is 0. The van der Waals surface area contributed by atoms with Gasteiger partial charge in [-0.1, -0.05) is 13.3 Å². The van der Waals surface area contributed by atoms with Crippen molar-refractivity contribution >= 4 is 12.2 Å². The molecule has 6 heteroatoms. The average Bonchev–Trinajstić information content (AvgIpc) is 2.47. The molecule has 0 fully saturated rings. The Morgan fingerprint density at radius 3 is 2.14 bits per heavy atom. The van der Waals surface area contributed by atoms with Crippen LogP contribution in [0, 0.1) is 0 Å². The van der Waals surface area contributed by atoms with Crippen molar-refractivity contribution in [2.75, 3.05) is 0 Å². The van der Waals surface area contributed by atoms with Crippen molar-refractivity contribution in [2.24, 2.45) is 0 Å². The molecule has 2 aliphatic rings. The zero-order valence-corrected chi connectivity index (χ0v) is 11.6. The number of amides is 2. The summed E-state index contributed by atoms with van der Waals surface area (Å²) in [6.45, 7) is 1.98. The maximum absolute atomic E-state index is 11.2. The molecule has 0 spiro atoms. The van der Waals surface area contributed by atoms with Crippen LogP contribution in [0.1, 0.15) is 19.8 Å². The molecule has 21 heavy (non-hydrogen) atoms. The molecule has 0 aliphatic carbocycles. The van der Waals surface area contributed by atoms with Gasteiger partial charge in [-0.15, -0.1) is 0 Å². The van der Waals surface area contributed by atoms with E-state index in [1.54, 1.807) is 18.2 Å². The number of rotatable bonds is 2. The second kappa shape index (κ2) is 6.13. The Labute approximate surface area is 122 Å². The molecule has 2 amide bonds. The molecule has 0 unspecified atom stereocenters. The Bertz CT molecular complexity index is 595. The van der Waals surface area contributed by atoms with E-state index >= 15 is 0 Å². The maximum Gasteiger partial charge on any atom is 0.415 e. The van der Waals surface area contributed by atoms with Gasteiger partial charge >= 0.3 is 12.2 Å². The van der Waals surface area contributed by atoms with Crippen LogP contribution < -0.4 is 0 Å². The van der Waals surface area contributed by atoms with Gasteiger partial charge in [-0.2, -0.15) is 0 Å². The molecule has 0 atom stereocenters. The lowest BCUT2D eigenvalue weighted by Gasteiger charge is -2.23. The average molecular weight is 288 g/mol. The standard InChI is InChI=1S/C15H16N2O4/c1-2-3-13-10-12(6-9-17(13)15(20)21)11-4-7-16(8-5-11)14(18)19/h4-10H,2-3H2,1H3,(H,18,19)(H,20,21). The Kier molecular flexibility index (Phi) is 4.27. The monoisotopic (exact) mass is 288 g/mol. The zero-order valence-electron chi connectivity index (χ0n) is 11.6. The lowest BCUT2D eigenvalue weighted by atomic mass is 10.0. The van der Waals surface area contributed by atoms with Crippen molar-refractivity contribution in [3.05, 3.63) is 59.7 Å². The molecule has 0 aromatic heterocycles. The summed E-state index contributed by atoms with van der Waals surface area (Å²) in [4.78, 5) is 24.2. The number of carboxylic acid groups (broad SMARTS) is 2. The molecule has 2 N–H and O–H groups in total. The van der Waals surface area contributed by atoms with Crippen LogP contribution >= 0.6 is 0 Å². The molecule has 0 aromatic rings. The van der Waals surface area contributed by atoms with Crippen molar-refractivity contribution in [2.45, 2.75) is 19.8 Å². The number of allylic oxidation sites excluding steroid dienone is 7. The molecule has 0 saturated heterocycles. The van der Waals surface area contributed by atoms with Gasteiger partial charge in [0.1, 0.15) is 0 Å². The summed E-state index contributed by atoms with van der Waals surface area (Å²) in [5, 5.41) is 18.0. The summed E-state index contributed by atoms with van der Waals surface area (Å²) >= 11 is 0. The van der Waals surface area contributed by atoms with E-state index in [1.807, 2.05) is 13.0 Å². The van der Waals surface area contributed by atoms with Gasteiger partial charge in [0.05, 0.1) is 0 Å². The van der Waals surface area contributed by atoms with E-state index in [1.165, 1.54) is 23.5 Å². The Morgan fingerprint density at radius 1 is 1.00 bits per heavy atom. The first-order chi connectivity index (χ1) is 10.0. The van der Waals surface area contributed by atoms with Gasteiger partial charge in [-0.3, -0.25) is 9.80 Å². The van der Waals surface area contributed by atoms with Gasteiger partial charge in [0.25, 0.3) is 0 Å². The molecule has 2 rings (SSSR count). The fraction of sp³-hybridized carbons (Fsp3) is 0.200. The van der Waals surface area contributed by atoms with Gasteiger partial charge in [-0.05, 0) is 41.9 Å². The third-order valence-corrected chi connectivity index (χ3v) is 3.13. The molecule has 0 saturated carbocycles. The molecule has 0 radical (unpaired) electrons. The predicted molar refractivity (Wildman–Crippen MR) is 77.2 cm³/mol. The minimum absolute atomic E-state index is 0.655. The van der Waals surface area contributed by atoms with Crippen molar-refractivity contribution in [3.8, 4) is 0 Å². The summed E-state index contributed by atoms with van der Waals surface area (Å²) < 4.78 is 0. The molecule has 110 valence electrons. The summed E-state index contributed by atoms with van der Waals surface area (Å²) in [6.07, 6.45) is 10.7. The first-order valence-electron chi connectivity index (χ1n) is 6.55. The second-order valence-corrected chi connectivity index (χ2v) is 4.59. The van der Waals surface area contributed by atoms with Crippen molar-refractivity contribution < 1.29 is 19.8 Å². The second-order valence-electron chi connectivity index (χ2n) is 4.59. The lowest BCUT2D eigenvalue weighted by Crippen LogP contribution is -2.25. The van der Waals surface area contributed by atoms with E-state index in [0.29, 0.717) is 12.1 Å². The van der Waals surface area contributed by atoms with Crippen LogP contribution in [0.25, 0.3) is 0 Å². The first-order valence-corrected chi connectivity index (χ1v) is 6.55. The minimum Gasteiger partial charge on any atom is -0.464 e. The fourth-order valence-electron chi connectivity index (χ4n) is 2.11. The molecule has 0 bridgehead atoms. The third-order valence-electron chi connectivity index (χ3n) is 3.13. The van der Waals surface area contributed by atoms with E-state index in [9.17, 15) is 9.59 Å². The van der Waals surface area contributed by atoms with E-state index in [0.717, 1.165) is 22.5 Å². The van der Waals surface area contributed by atoms with Crippen LogP contribution in [-0.4, -0.2) is 32.2 Å². The largest absolute Gasteiger partial charge is 0.464 e. The number of nitrogens with zero attached hydrogens (tertiary/aromatic N) is 2. The van der Waals surface area contributed by atoms with E-state index in [2.05, 4.69) is 0 Å². The van der Waals surface area contributed by atoms with Crippen LogP contribution in [0.3, 0.4) is 0 Å². The van der Waals surface area contributed by atoms with Crippen molar-refractivity contribution in [1.82, 2.24) is 9.80 Å². The van der Waals surface area contributed by atoms with Gasteiger partial charge < -0.3 is 10.2 Å². The summed E-state index contributed by atoms with van der Waals surface area (Å²) in [7, 11) is 0. The topological polar surface area (TPSA) is 81.1 Å². The molecule has 2 aliphatic heterocycles. The van der Waals surface area contributed by atoms with Crippen LogP contribution in [-0.2, 0) is 0 Å². The molecule has 0 aromatic carbocycles. The first kappa shape index (κ1) is 14.6.